The quantitative estimate of drug-likeness (QED) is 0.430. The summed E-state index contributed by atoms with van der Waals surface area (Å²) in [5.74, 6) is 0.0890. The summed E-state index contributed by atoms with van der Waals surface area (Å²) in [5, 5.41) is 4.36. The summed E-state index contributed by atoms with van der Waals surface area (Å²) < 4.78 is 7.53. The van der Waals surface area contributed by atoms with E-state index < -0.39 is 8.07 Å². The van der Waals surface area contributed by atoms with Crippen LogP contribution in [0.15, 0.2) is 30.6 Å². The van der Waals surface area contributed by atoms with E-state index in [1.807, 2.05) is 42.2 Å². The van der Waals surface area contributed by atoms with Crippen molar-refractivity contribution in [3.63, 3.8) is 0 Å². The molecule has 0 fully saturated rings. The molecule has 1 heterocycles. The number of ketones is 1. The van der Waals surface area contributed by atoms with Crippen molar-refractivity contribution < 1.29 is 9.53 Å². The Hall–Kier alpha value is -1.72. The molecule has 0 unspecified atom stereocenters. The second-order valence-electron chi connectivity index (χ2n) is 7.20. The van der Waals surface area contributed by atoms with Crippen LogP contribution in [-0.4, -0.2) is 30.2 Å². The molecule has 2 aromatic rings. The Morgan fingerprint density at radius 3 is 2.65 bits per heavy atom. The molecule has 0 spiro atoms. The average Bonchev–Trinajstić information content (AvgIpc) is 2.91. The molecular weight excluding hydrogens is 304 g/mol. The van der Waals surface area contributed by atoms with E-state index in [1.165, 1.54) is 0 Å². The molecule has 1 aromatic carbocycles. The molecule has 124 valence electrons. The largest absolute Gasteiger partial charge is 0.360 e. The third-order valence-electron chi connectivity index (χ3n) is 3.80. The predicted molar refractivity (Wildman–Crippen MR) is 96.5 cm³/mol. The Bertz CT molecular complexity index is 687. The Morgan fingerprint density at radius 1 is 1.30 bits per heavy atom. The highest BCUT2D eigenvalue weighted by Gasteiger charge is 2.12. The molecular formula is C18H26N2O2Si. The normalized spacial score (nSPS) is 11.7. The highest BCUT2D eigenvalue weighted by atomic mass is 28.3. The SMILES string of the molecule is CC(=O)c1ccc(-c2cnn(COCC[Si](C)(C)C)c2)c(C)c1. The first-order chi connectivity index (χ1) is 10.8. The zero-order valence-electron chi connectivity index (χ0n) is 14.7. The number of ether oxygens (including phenoxy) is 1. The summed E-state index contributed by atoms with van der Waals surface area (Å²) >= 11 is 0. The molecule has 0 atom stereocenters. The van der Waals surface area contributed by atoms with Crippen LogP contribution in [0, 0.1) is 6.92 Å². The van der Waals surface area contributed by atoms with Gasteiger partial charge in [-0.25, -0.2) is 4.68 Å². The van der Waals surface area contributed by atoms with E-state index in [0.29, 0.717) is 6.73 Å². The van der Waals surface area contributed by atoms with Gasteiger partial charge in [-0.3, -0.25) is 4.79 Å². The Labute approximate surface area is 139 Å². The van der Waals surface area contributed by atoms with Gasteiger partial charge in [0, 0.05) is 32.0 Å². The molecule has 2 rings (SSSR count). The topological polar surface area (TPSA) is 44.1 Å². The van der Waals surface area contributed by atoms with Crippen LogP contribution in [0.25, 0.3) is 11.1 Å². The third kappa shape index (κ3) is 5.15. The van der Waals surface area contributed by atoms with Gasteiger partial charge in [-0.05, 0) is 37.1 Å². The van der Waals surface area contributed by atoms with Crippen molar-refractivity contribution in [3.05, 3.63) is 41.7 Å². The predicted octanol–water partition coefficient (Wildman–Crippen LogP) is 4.37. The lowest BCUT2D eigenvalue weighted by atomic mass is 9.99. The number of Topliss-reactive ketones (excluding diaryl/α,β-unsaturated/α-hetero) is 1. The maximum absolute atomic E-state index is 11.4. The molecule has 0 aliphatic carbocycles. The van der Waals surface area contributed by atoms with E-state index in [-0.39, 0.29) is 5.78 Å². The van der Waals surface area contributed by atoms with Crippen LogP contribution >= 0.6 is 0 Å². The number of nitrogens with zero attached hydrogens (tertiary/aromatic N) is 2. The lowest BCUT2D eigenvalue weighted by Crippen LogP contribution is -2.22. The molecule has 5 heteroatoms. The van der Waals surface area contributed by atoms with Gasteiger partial charge in [-0.2, -0.15) is 5.10 Å². The van der Waals surface area contributed by atoms with E-state index in [1.54, 1.807) is 6.92 Å². The monoisotopic (exact) mass is 330 g/mol. The third-order valence-corrected chi connectivity index (χ3v) is 5.50. The van der Waals surface area contributed by atoms with Crippen LogP contribution in [-0.2, 0) is 11.5 Å². The summed E-state index contributed by atoms with van der Waals surface area (Å²) in [6.45, 7) is 11.9. The summed E-state index contributed by atoms with van der Waals surface area (Å²) in [6, 6.07) is 6.94. The fourth-order valence-electron chi connectivity index (χ4n) is 2.32. The standard InChI is InChI=1S/C18H26N2O2Si/c1-14-10-16(15(2)21)6-7-18(14)17-11-19-20(12-17)13-22-8-9-23(3,4)5/h6-7,10-12H,8-9,13H2,1-5H3. The molecule has 0 bridgehead atoms. The Kier molecular flexibility index (Phi) is 5.54. The molecule has 1 aromatic heterocycles. The molecule has 0 aliphatic rings. The van der Waals surface area contributed by atoms with Crippen LogP contribution in [0.4, 0.5) is 0 Å². The van der Waals surface area contributed by atoms with Gasteiger partial charge in [-0.15, -0.1) is 0 Å². The van der Waals surface area contributed by atoms with E-state index in [0.717, 1.165) is 34.9 Å². The first-order valence-electron chi connectivity index (χ1n) is 7.98. The second kappa shape index (κ2) is 7.23. The van der Waals surface area contributed by atoms with Gasteiger partial charge in [0.05, 0.1) is 6.20 Å². The van der Waals surface area contributed by atoms with Crippen molar-refractivity contribution in [2.75, 3.05) is 6.61 Å². The van der Waals surface area contributed by atoms with Crippen molar-refractivity contribution in [2.45, 2.75) is 46.3 Å². The highest BCUT2D eigenvalue weighted by Crippen LogP contribution is 2.24. The van der Waals surface area contributed by atoms with Crippen LogP contribution in [0.3, 0.4) is 0 Å². The summed E-state index contributed by atoms with van der Waals surface area (Å²) in [6.07, 6.45) is 3.84. The smallest absolute Gasteiger partial charge is 0.159 e. The number of rotatable bonds is 7. The van der Waals surface area contributed by atoms with E-state index in [2.05, 4.69) is 24.7 Å². The van der Waals surface area contributed by atoms with Gasteiger partial charge in [-0.1, -0.05) is 31.8 Å². The molecule has 0 amide bonds. The van der Waals surface area contributed by atoms with Gasteiger partial charge in [0.25, 0.3) is 0 Å². The van der Waals surface area contributed by atoms with Crippen molar-refractivity contribution in [3.8, 4) is 11.1 Å². The highest BCUT2D eigenvalue weighted by molar-refractivity contribution is 6.76. The number of hydrogen-bond donors (Lipinski definition) is 0. The van der Waals surface area contributed by atoms with E-state index >= 15 is 0 Å². The maximum atomic E-state index is 11.4. The van der Waals surface area contributed by atoms with Crippen molar-refractivity contribution in [1.29, 1.82) is 0 Å². The molecule has 0 saturated carbocycles. The van der Waals surface area contributed by atoms with Gasteiger partial charge < -0.3 is 4.74 Å². The average molecular weight is 331 g/mol. The fourth-order valence-corrected chi connectivity index (χ4v) is 3.07. The molecule has 0 radical (unpaired) electrons. The zero-order chi connectivity index (χ0) is 17.0. The zero-order valence-corrected chi connectivity index (χ0v) is 15.7. The van der Waals surface area contributed by atoms with Crippen LogP contribution in [0.2, 0.25) is 25.7 Å². The summed E-state index contributed by atoms with van der Waals surface area (Å²) in [7, 11) is -1.05. The number of carbonyl (C=O) groups is 1. The first-order valence-corrected chi connectivity index (χ1v) is 11.7. The second-order valence-corrected chi connectivity index (χ2v) is 12.8. The lowest BCUT2D eigenvalue weighted by Gasteiger charge is -2.15. The maximum Gasteiger partial charge on any atom is 0.159 e. The van der Waals surface area contributed by atoms with Gasteiger partial charge in [0.15, 0.2) is 5.78 Å². The minimum Gasteiger partial charge on any atom is -0.360 e. The van der Waals surface area contributed by atoms with Gasteiger partial charge in [0.2, 0.25) is 0 Å². The molecule has 4 nitrogen and oxygen atoms in total. The molecule has 23 heavy (non-hydrogen) atoms. The molecule has 0 N–H and O–H groups in total. The number of benzene rings is 1. The summed E-state index contributed by atoms with van der Waals surface area (Å²) in [5.41, 5.74) is 3.97. The van der Waals surface area contributed by atoms with E-state index in [4.69, 9.17) is 4.74 Å². The first kappa shape index (κ1) is 17.6. The fraction of sp³-hybridized carbons (Fsp3) is 0.444. The molecule has 0 saturated heterocycles. The number of aromatic nitrogens is 2. The number of aryl methyl sites for hydroxylation is 1. The van der Waals surface area contributed by atoms with Gasteiger partial charge >= 0.3 is 0 Å². The van der Waals surface area contributed by atoms with Crippen LogP contribution in [0.1, 0.15) is 22.8 Å². The van der Waals surface area contributed by atoms with Gasteiger partial charge in [0.1, 0.15) is 6.73 Å². The Balaban J connectivity index is 2.00. The summed E-state index contributed by atoms with van der Waals surface area (Å²) in [4.78, 5) is 11.4. The Morgan fingerprint density at radius 2 is 2.04 bits per heavy atom. The molecule has 0 aliphatic heterocycles. The van der Waals surface area contributed by atoms with Crippen molar-refractivity contribution in [2.24, 2.45) is 0 Å². The number of hydrogen-bond acceptors (Lipinski definition) is 3. The van der Waals surface area contributed by atoms with Crippen molar-refractivity contribution >= 4 is 13.9 Å². The minimum atomic E-state index is -1.05. The van der Waals surface area contributed by atoms with Crippen LogP contribution < -0.4 is 0 Å². The van der Waals surface area contributed by atoms with Crippen LogP contribution in [0.5, 0.6) is 0 Å². The van der Waals surface area contributed by atoms with Crippen molar-refractivity contribution in [1.82, 2.24) is 9.78 Å². The lowest BCUT2D eigenvalue weighted by molar-refractivity contribution is 0.0786. The minimum absolute atomic E-state index is 0.0890. The van der Waals surface area contributed by atoms with E-state index in [9.17, 15) is 4.79 Å². The number of carbonyl (C=O) groups excluding carboxylic acids is 1.